The molecule has 0 spiro atoms. The lowest BCUT2D eigenvalue weighted by atomic mass is 9.99. The Morgan fingerprint density at radius 3 is 2.50 bits per heavy atom. The standard InChI is InChI=1S/C31H23Cl2N3OS/c1-18(2)13-19-7-9-20(10-8-19)29-15-24(23-5-3-4-6-28(23)35-29)30(37)36-31-25(16-34)26(17-38-31)22-12-11-21(32)14-27(22)33/h3-12,14-15,17-18H,13H2,1-2H3,(H,36,37). The summed E-state index contributed by atoms with van der Waals surface area (Å²) in [6.45, 7) is 4.39. The van der Waals surface area contributed by atoms with Gasteiger partial charge in [0.15, 0.2) is 0 Å². The summed E-state index contributed by atoms with van der Waals surface area (Å²) >= 11 is 13.7. The van der Waals surface area contributed by atoms with Crippen LogP contribution < -0.4 is 5.32 Å². The average molecular weight is 557 g/mol. The van der Waals surface area contributed by atoms with E-state index in [9.17, 15) is 10.1 Å². The molecule has 5 aromatic rings. The van der Waals surface area contributed by atoms with Gasteiger partial charge in [0.2, 0.25) is 0 Å². The molecule has 2 aromatic heterocycles. The summed E-state index contributed by atoms with van der Waals surface area (Å²) in [6, 6.07) is 25.0. The van der Waals surface area contributed by atoms with E-state index in [1.165, 1.54) is 16.9 Å². The molecular formula is C31H23Cl2N3OS. The van der Waals surface area contributed by atoms with E-state index in [2.05, 4.69) is 37.4 Å². The topological polar surface area (TPSA) is 65.8 Å². The summed E-state index contributed by atoms with van der Waals surface area (Å²) in [5, 5.41) is 16.9. The number of carbonyl (C=O) groups is 1. The van der Waals surface area contributed by atoms with Gasteiger partial charge in [-0.25, -0.2) is 4.98 Å². The molecule has 0 saturated carbocycles. The molecule has 0 unspecified atom stereocenters. The van der Waals surface area contributed by atoms with Crippen molar-refractivity contribution in [1.29, 1.82) is 5.26 Å². The summed E-state index contributed by atoms with van der Waals surface area (Å²) < 4.78 is 0. The zero-order valence-electron chi connectivity index (χ0n) is 20.8. The van der Waals surface area contributed by atoms with E-state index in [1.54, 1.807) is 18.2 Å². The Labute approximate surface area is 235 Å². The number of nitrogens with one attached hydrogen (secondary N) is 1. The van der Waals surface area contributed by atoms with E-state index >= 15 is 0 Å². The molecular weight excluding hydrogens is 533 g/mol. The van der Waals surface area contributed by atoms with Gasteiger partial charge < -0.3 is 5.32 Å². The third-order valence-electron chi connectivity index (χ3n) is 6.21. The van der Waals surface area contributed by atoms with Crippen molar-refractivity contribution in [3.05, 3.63) is 105 Å². The molecule has 0 saturated heterocycles. The average Bonchev–Trinajstić information content (AvgIpc) is 3.30. The first-order valence-electron chi connectivity index (χ1n) is 12.1. The zero-order chi connectivity index (χ0) is 26.8. The highest BCUT2D eigenvalue weighted by Gasteiger charge is 2.20. The second-order valence-corrected chi connectivity index (χ2v) is 11.1. The number of halogens is 2. The molecule has 0 aliphatic heterocycles. The van der Waals surface area contributed by atoms with E-state index in [0.29, 0.717) is 48.9 Å². The number of amides is 1. The van der Waals surface area contributed by atoms with Crippen LogP contribution in [0, 0.1) is 17.2 Å². The van der Waals surface area contributed by atoms with Gasteiger partial charge in [0.05, 0.1) is 22.3 Å². The van der Waals surface area contributed by atoms with Crippen molar-refractivity contribution in [2.45, 2.75) is 20.3 Å². The Bertz CT molecular complexity index is 1700. The van der Waals surface area contributed by atoms with Gasteiger partial charge in [0, 0.05) is 37.5 Å². The van der Waals surface area contributed by atoms with Crippen LogP contribution in [0.25, 0.3) is 33.3 Å². The fraction of sp³-hybridized carbons (Fsp3) is 0.129. The number of aromatic nitrogens is 1. The number of benzene rings is 3. The molecule has 0 radical (unpaired) electrons. The second kappa shape index (κ2) is 11.0. The van der Waals surface area contributed by atoms with Crippen LogP contribution in [0.4, 0.5) is 5.00 Å². The summed E-state index contributed by atoms with van der Waals surface area (Å²) in [4.78, 5) is 18.5. The van der Waals surface area contributed by atoms with Gasteiger partial charge in [-0.05, 0) is 42.2 Å². The Kier molecular flexibility index (Phi) is 7.49. The quantitative estimate of drug-likeness (QED) is 0.227. The van der Waals surface area contributed by atoms with Crippen molar-refractivity contribution >= 4 is 56.3 Å². The fourth-order valence-corrected chi connectivity index (χ4v) is 5.85. The molecule has 7 heteroatoms. The third-order valence-corrected chi connectivity index (χ3v) is 7.65. The smallest absolute Gasteiger partial charge is 0.257 e. The Morgan fingerprint density at radius 2 is 1.79 bits per heavy atom. The normalized spacial score (nSPS) is 11.1. The Morgan fingerprint density at radius 1 is 1.03 bits per heavy atom. The van der Waals surface area contributed by atoms with Gasteiger partial charge >= 0.3 is 0 Å². The third kappa shape index (κ3) is 5.30. The molecule has 0 atom stereocenters. The zero-order valence-corrected chi connectivity index (χ0v) is 23.1. The lowest BCUT2D eigenvalue weighted by Gasteiger charge is -2.11. The van der Waals surface area contributed by atoms with Gasteiger partial charge in [-0.1, -0.05) is 85.6 Å². The van der Waals surface area contributed by atoms with Crippen LogP contribution in [0.2, 0.25) is 10.0 Å². The molecule has 4 nitrogen and oxygen atoms in total. The molecule has 0 bridgehead atoms. The van der Waals surface area contributed by atoms with Crippen LogP contribution >= 0.6 is 34.5 Å². The number of fused-ring (bicyclic) bond motifs is 1. The molecule has 188 valence electrons. The van der Waals surface area contributed by atoms with E-state index < -0.39 is 0 Å². The first-order valence-corrected chi connectivity index (χ1v) is 13.7. The van der Waals surface area contributed by atoms with Crippen molar-refractivity contribution in [2.75, 3.05) is 5.32 Å². The first kappa shape index (κ1) is 25.9. The van der Waals surface area contributed by atoms with Crippen molar-refractivity contribution in [3.63, 3.8) is 0 Å². The van der Waals surface area contributed by atoms with Crippen LogP contribution in [-0.4, -0.2) is 10.9 Å². The summed E-state index contributed by atoms with van der Waals surface area (Å²) in [7, 11) is 0. The molecule has 3 aromatic carbocycles. The number of anilines is 1. The van der Waals surface area contributed by atoms with Gasteiger partial charge in [-0.3, -0.25) is 4.79 Å². The highest BCUT2D eigenvalue weighted by Crippen LogP contribution is 2.39. The number of carbonyl (C=O) groups excluding carboxylic acids is 1. The number of hydrogen-bond donors (Lipinski definition) is 1. The number of thiophene rings is 1. The maximum atomic E-state index is 13.6. The lowest BCUT2D eigenvalue weighted by Crippen LogP contribution is -2.13. The summed E-state index contributed by atoms with van der Waals surface area (Å²) in [5.74, 6) is 0.259. The molecule has 2 heterocycles. The minimum Gasteiger partial charge on any atom is -0.312 e. The van der Waals surface area contributed by atoms with E-state index in [4.69, 9.17) is 28.2 Å². The molecule has 38 heavy (non-hydrogen) atoms. The van der Waals surface area contributed by atoms with Gasteiger partial charge in [-0.15, -0.1) is 11.3 Å². The highest BCUT2D eigenvalue weighted by atomic mass is 35.5. The maximum absolute atomic E-state index is 13.6. The van der Waals surface area contributed by atoms with E-state index in [1.807, 2.05) is 47.8 Å². The van der Waals surface area contributed by atoms with Crippen LogP contribution in [-0.2, 0) is 6.42 Å². The monoisotopic (exact) mass is 555 g/mol. The predicted molar refractivity (Wildman–Crippen MR) is 158 cm³/mol. The second-order valence-electron chi connectivity index (χ2n) is 9.41. The van der Waals surface area contributed by atoms with Crippen LogP contribution in [0.15, 0.2) is 78.2 Å². The summed E-state index contributed by atoms with van der Waals surface area (Å²) in [6.07, 6.45) is 1.00. The number of hydrogen-bond acceptors (Lipinski definition) is 4. The van der Waals surface area contributed by atoms with Crippen molar-refractivity contribution in [2.24, 2.45) is 5.92 Å². The molecule has 1 N–H and O–H groups in total. The van der Waals surface area contributed by atoms with Crippen molar-refractivity contribution in [3.8, 4) is 28.5 Å². The predicted octanol–water partition coefficient (Wildman–Crippen LogP) is 9.26. The number of nitriles is 1. The van der Waals surface area contributed by atoms with Crippen LogP contribution in [0.5, 0.6) is 0 Å². The van der Waals surface area contributed by atoms with Gasteiger partial charge in [0.1, 0.15) is 11.1 Å². The van der Waals surface area contributed by atoms with Gasteiger partial charge in [0.25, 0.3) is 5.91 Å². The molecule has 1 amide bonds. The number of pyridine rings is 1. The summed E-state index contributed by atoms with van der Waals surface area (Å²) in [5.41, 5.74) is 5.81. The van der Waals surface area contributed by atoms with E-state index in [0.717, 1.165) is 22.9 Å². The molecule has 0 aliphatic rings. The number of rotatable bonds is 6. The maximum Gasteiger partial charge on any atom is 0.257 e. The highest BCUT2D eigenvalue weighted by molar-refractivity contribution is 7.15. The first-order chi connectivity index (χ1) is 18.3. The molecule has 0 aliphatic carbocycles. The minimum absolute atomic E-state index is 0.312. The number of para-hydroxylation sites is 1. The number of nitrogens with zero attached hydrogens (tertiary/aromatic N) is 2. The SMILES string of the molecule is CC(C)Cc1ccc(-c2cc(C(=O)Nc3scc(-c4ccc(Cl)cc4Cl)c3C#N)c3ccccc3n2)cc1. The van der Waals surface area contributed by atoms with Crippen LogP contribution in [0.3, 0.4) is 0 Å². The molecule has 0 fully saturated rings. The lowest BCUT2D eigenvalue weighted by molar-refractivity contribution is 0.102. The minimum atomic E-state index is -0.312. The Balaban J connectivity index is 1.52. The van der Waals surface area contributed by atoms with Gasteiger partial charge in [-0.2, -0.15) is 5.26 Å². The van der Waals surface area contributed by atoms with Crippen LogP contribution in [0.1, 0.15) is 35.3 Å². The fourth-order valence-electron chi connectivity index (χ4n) is 4.43. The van der Waals surface area contributed by atoms with Crippen molar-refractivity contribution in [1.82, 2.24) is 4.98 Å². The largest absolute Gasteiger partial charge is 0.312 e. The molecule has 5 rings (SSSR count). The Hall–Kier alpha value is -3.69. The van der Waals surface area contributed by atoms with Crippen molar-refractivity contribution < 1.29 is 4.79 Å². The van der Waals surface area contributed by atoms with E-state index in [-0.39, 0.29) is 5.91 Å².